The fourth-order valence-electron chi connectivity index (χ4n) is 0.997. The van der Waals surface area contributed by atoms with E-state index in [9.17, 15) is 4.39 Å². The van der Waals surface area contributed by atoms with Gasteiger partial charge in [-0.15, -0.1) is 0 Å². The molecule has 0 amide bonds. The van der Waals surface area contributed by atoms with Crippen molar-refractivity contribution in [2.45, 2.75) is 6.92 Å². The van der Waals surface area contributed by atoms with Crippen LogP contribution in [-0.2, 0) is 0 Å². The third-order valence-electron chi connectivity index (χ3n) is 1.64. The molecule has 0 bridgehead atoms. The van der Waals surface area contributed by atoms with Gasteiger partial charge in [0.1, 0.15) is 11.9 Å². The van der Waals surface area contributed by atoms with Crippen LogP contribution in [0.5, 0.6) is 0 Å². The van der Waals surface area contributed by atoms with E-state index in [1.54, 1.807) is 6.92 Å². The Kier molecular flexibility index (Phi) is 2.65. The van der Waals surface area contributed by atoms with Crippen LogP contribution < -0.4 is 5.73 Å². The molecular weight excluding hydrogens is 167 g/mol. The molecule has 0 radical (unpaired) electrons. The Labute approximate surface area is 76.1 Å². The average molecular weight is 176 g/mol. The molecule has 13 heavy (non-hydrogen) atoms. The lowest BCUT2D eigenvalue weighted by atomic mass is 10.1. The van der Waals surface area contributed by atoms with Crippen molar-refractivity contribution >= 4 is 5.57 Å². The standard InChI is InChI=1S/C10H9FN2/c1-7(13)10(6-12)8-2-4-9(11)5-3-8/h2-5H,13H2,1H3/b10-7+. The summed E-state index contributed by atoms with van der Waals surface area (Å²) < 4.78 is 12.5. The van der Waals surface area contributed by atoms with Gasteiger partial charge in [0.25, 0.3) is 0 Å². The SMILES string of the molecule is C/C(N)=C(/C#N)c1ccc(F)cc1. The summed E-state index contributed by atoms with van der Waals surface area (Å²) in [5.41, 5.74) is 6.95. The van der Waals surface area contributed by atoms with Crippen molar-refractivity contribution < 1.29 is 4.39 Å². The summed E-state index contributed by atoms with van der Waals surface area (Å²) in [7, 11) is 0. The third-order valence-corrected chi connectivity index (χ3v) is 1.64. The van der Waals surface area contributed by atoms with Crippen molar-refractivity contribution in [3.8, 4) is 6.07 Å². The van der Waals surface area contributed by atoms with Crippen LogP contribution in [0.25, 0.3) is 5.57 Å². The average Bonchev–Trinajstić information content (AvgIpc) is 2.09. The first-order chi connectivity index (χ1) is 6.15. The number of allylic oxidation sites excluding steroid dienone is 2. The second-order valence-corrected chi connectivity index (χ2v) is 2.68. The maximum Gasteiger partial charge on any atom is 0.123 e. The van der Waals surface area contributed by atoms with Gasteiger partial charge in [-0.2, -0.15) is 5.26 Å². The number of nitrogens with zero attached hydrogens (tertiary/aromatic N) is 1. The smallest absolute Gasteiger partial charge is 0.123 e. The zero-order chi connectivity index (χ0) is 9.84. The maximum absolute atomic E-state index is 12.5. The molecule has 0 spiro atoms. The highest BCUT2D eigenvalue weighted by molar-refractivity contribution is 5.78. The zero-order valence-corrected chi connectivity index (χ0v) is 7.21. The maximum atomic E-state index is 12.5. The van der Waals surface area contributed by atoms with Gasteiger partial charge < -0.3 is 5.73 Å². The molecule has 3 heteroatoms. The second kappa shape index (κ2) is 3.72. The van der Waals surface area contributed by atoms with Crippen LogP contribution in [0.1, 0.15) is 12.5 Å². The van der Waals surface area contributed by atoms with Crippen LogP contribution in [0.15, 0.2) is 30.0 Å². The number of rotatable bonds is 1. The Balaban J connectivity index is 3.17. The minimum atomic E-state index is -0.323. The summed E-state index contributed by atoms with van der Waals surface area (Å²) in [6, 6.07) is 7.64. The predicted octanol–water partition coefficient (Wildman–Crippen LogP) is 2.04. The molecule has 2 N–H and O–H groups in total. The highest BCUT2D eigenvalue weighted by atomic mass is 19.1. The van der Waals surface area contributed by atoms with Crippen LogP contribution in [0.2, 0.25) is 0 Å². The number of hydrogen-bond acceptors (Lipinski definition) is 2. The molecule has 0 heterocycles. The van der Waals surface area contributed by atoms with E-state index in [1.165, 1.54) is 24.3 Å². The molecule has 66 valence electrons. The molecule has 0 aromatic heterocycles. The van der Waals surface area contributed by atoms with E-state index in [0.29, 0.717) is 16.8 Å². The Bertz CT molecular complexity index is 367. The fraction of sp³-hybridized carbons (Fsp3) is 0.100. The Hall–Kier alpha value is -1.82. The van der Waals surface area contributed by atoms with Gasteiger partial charge >= 0.3 is 0 Å². The Morgan fingerprint density at radius 1 is 1.38 bits per heavy atom. The minimum Gasteiger partial charge on any atom is -0.401 e. The zero-order valence-electron chi connectivity index (χ0n) is 7.21. The first kappa shape index (κ1) is 9.27. The van der Waals surface area contributed by atoms with Crippen LogP contribution in [0, 0.1) is 17.1 Å². The van der Waals surface area contributed by atoms with Gasteiger partial charge in [-0.3, -0.25) is 0 Å². The lowest BCUT2D eigenvalue weighted by molar-refractivity contribution is 0.627. The fourth-order valence-corrected chi connectivity index (χ4v) is 0.997. The van der Waals surface area contributed by atoms with Gasteiger partial charge in [-0.05, 0) is 24.6 Å². The first-order valence-corrected chi connectivity index (χ1v) is 3.77. The van der Waals surface area contributed by atoms with E-state index >= 15 is 0 Å². The predicted molar refractivity (Wildman–Crippen MR) is 48.8 cm³/mol. The monoisotopic (exact) mass is 176 g/mol. The third kappa shape index (κ3) is 2.06. The van der Waals surface area contributed by atoms with Crippen molar-refractivity contribution in [3.05, 3.63) is 41.3 Å². The van der Waals surface area contributed by atoms with Gasteiger partial charge in [0, 0.05) is 5.70 Å². The number of nitrogens with two attached hydrogens (primary N) is 1. The molecule has 0 unspecified atom stereocenters. The molecule has 0 aliphatic rings. The van der Waals surface area contributed by atoms with E-state index in [2.05, 4.69) is 0 Å². The van der Waals surface area contributed by atoms with Crippen LogP contribution >= 0.6 is 0 Å². The highest BCUT2D eigenvalue weighted by Crippen LogP contribution is 2.15. The number of nitriles is 1. The van der Waals surface area contributed by atoms with E-state index in [4.69, 9.17) is 11.0 Å². The van der Waals surface area contributed by atoms with Crippen molar-refractivity contribution in [2.75, 3.05) is 0 Å². The summed E-state index contributed by atoms with van der Waals surface area (Å²) in [6.07, 6.45) is 0. The molecule has 0 atom stereocenters. The van der Waals surface area contributed by atoms with Crippen molar-refractivity contribution in [1.82, 2.24) is 0 Å². The highest BCUT2D eigenvalue weighted by Gasteiger charge is 2.02. The lowest BCUT2D eigenvalue weighted by Crippen LogP contribution is -1.96. The molecule has 0 fully saturated rings. The summed E-state index contributed by atoms with van der Waals surface area (Å²) in [5, 5.41) is 8.74. The van der Waals surface area contributed by atoms with E-state index in [1.807, 2.05) is 6.07 Å². The lowest BCUT2D eigenvalue weighted by Gasteiger charge is -2.00. The van der Waals surface area contributed by atoms with Gasteiger partial charge in [0.15, 0.2) is 0 Å². The normalized spacial score (nSPS) is 11.8. The van der Waals surface area contributed by atoms with Gasteiger partial charge in [-0.1, -0.05) is 12.1 Å². The summed E-state index contributed by atoms with van der Waals surface area (Å²) >= 11 is 0. The molecule has 0 saturated heterocycles. The molecule has 0 aliphatic carbocycles. The van der Waals surface area contributed by atoms with Crippen LogP contribution in [0.4, 0.5) is 4.39 Å². The Morgan fingerprint density at radius 3 is 2.31 bits per heavy atom. The molecule has 2 nitrogen and oxygen atoms in total. The molecule has 0 saturated carbocycles. The number of hydrogen-bond donors (Lipinski definition) is 1. The second-order valence-electron chi connectivity index (χ2n) is 2.68. The van der Waals surface area contributed by atoms with E-state index < -0.39 is 0 Å². The minimum absolute atomic E-state index is 0.323. The van der Waals surface area contributed by atoms with Crippen molar-refractivity contribution in [1.29, 1.82) is 5.26 Å². The molecular formula is C10H9FN2. The molecule has 1 aromatic rings. The van der Waals surface area contributed by atoms with Gasteiger partial charge in [0.05, 0.1) is 5.57 Å². The van der Waals surface area contributed by atoms with Crippen LogP contribution in [-0.4, -0.2) is 0 Å². The van der Waals surface area contributed by atoms with E-state index in [0.717, 1.165) is 0 Å². The van der Waals surface area contributed by atoms with Crippen LogP contribution in [0.3, 0.4) is 0 Å². The number of halogens is 1. The summed E-state index contributed by atoms with van der Waals surface area (Å²) in [5.74, 6) is -0.323. The van der Waals surface area contributed by atoms with Crippen molar-refractivity contribution in [3.63, 3.8) is 0 Å². The summed E-state index contributed by atoms with van der Waals surface area (Å²) in [4.78, 5) is 0. The largest absolute Gasteiger partial charge is 0.401 e. The quantitative estimate of drug-likeness (QED) is 0.665. The van der Waals surface area contributed by atoms with Gasteiger partial charge in [-0.25, -0.2) is 4.39 Å². The number of benzene rings is 1. The molecule has 1 rings (SSSR count). The molecule has 0 aliphatic heterocycles. The summed E-state index contributed by atoms with van der Waals surface area (Å²) in [6.45, 7) is 1.64. The van der Waals surface area contributed by atoms with E-state index in [-0.39, 0.29) is 5.82 Å². The topological polar surface area (TPSA) is 49.8 Å². The van der Waals surface area contributed by atoms with Crippen molar-refractivity contribution in [2.24, 2.45) is 5.73 Å². The Morgan fingerprint density at radius 2 is 1.92 bits per heavy atom. The molecule has 1 aromatic carbocycles. The van der Waals surface area contributed by atoms with Gasteiger partial charge in [0.2, 0.25) is 0 Å². The first-order valence-electron chi connectivity index (χ1n) is 3.77.